The summed E-state index contributed by atoms with van der Waals surface area (Å²) in [5, 5.41) is 6.32. The van der Waals surface area contributed by atoms with Gasteiger partial charge in [-0.3, -0.25) is 4.79 Å². The Bertz CT molecular complexity index is 267. The molecule has 0 aliphatic carbocycles. The highest BCUT2D eigenvalue weighted by atomic mass is 16.5. The summed E-state index contributed by atoms with van der Waals surface area (Å²) in [7, 11) is 3.46. The van der Waals surface area contributed by atoms with Crippen molar-refractivity contribution < 1.29 is 9.53 Å². The average Bonchev–Trinajstić information content (AvgIpc) is 2.39. The molecule has 0 unspecified atom stereocenters. The lowest BCUT2D eigenvalue weighted by Gasteiger charge is -2.12. The van der Waals surface area contributed by atoms with Gasteiger partial charge in [0.2, 0.25) is 5.91 Å². The summed E-state index contributed by atoms with van der Waals surface area (Å²) in [6, 6.07) is 0. The third kappa shape index (κ3) is 10.3. The molecule has 0 aromatic carbocycles. The van der Waals surface area contributed by atoms with Gasteiger partial charge in [0.15, 0.2) is 5.96 Å². The highest BCUT2D eigenvalue weighted by Crippen LogP contribution is 1.88. The average molecular weight is 272 g/mol. The maximum atomic E-state index is 11.4. The van der Waals surface area contributed by atoms with E-state index in [0.29, 0.717) is 5.96 Å². The van der Waals surface area contributed by atoms with Crippen LogP contribution in [0.25, 0.3) is 0 Å². The molecule has 112 valence electrons. The Kier molecular flexibility index (Phi) is 11.0. The fourth-order valence-electron chi connectivity index (χ4n) is 1.31. The molecule has 0 aromatic rings. The summed E-state index contributed by atoms with van der Waals surface area (Å²) >= 11 is 0. The minimum absolute atomic E-state index is 0.00597. The van der Waals surface area contributed by atoms with Gasteiger partial charge in [-0.2, -0.15) is 0 Å². The van der Waals surface area contributed by atoms with Crippen molar-refractivity contribution in [3.8, 4) is 0 Å². The van der Waals surface area contributed by atoms with Gasteiger partial charge in [0.25, 0.3) is 0 Å². The molecule has 1 amide bonds. The summed E-state index contributed by atoms with van der Waals surface area (Å²) in [6.45, 7) is 7.34. The zero-order chi connectivity index (χ0) is 14.5. The Morgan fingerprint density at radius 2 is 1.95 bits per heavy atom. The first-order chi connectivity index (χ1) is 9.11. The maximum Gasteiger partial charge on any atom is 0.243 e. The second-order valence-electron chi connectivity index (χ2n) is 4.31. The summed E-state index contributed by atoms with van der Waals surface area (Å²) in [6.07, 6.45) is 2.04. The van der Waals surface area contributed by atoms with Crippen molar-refractivity contribution in [1.82, 2.24) is 15.5 Å². The Labute approximate surface area is 116 Å². The first-order valence-corrected chi connectivity index (χ1v) is 6.91. The number of carbonyl (C=O) groups excluding carboxylic acids is 1. The van der Waals surface area contributed by atoms with Gasteiger partial charge < -0.3 is 20.3 Å². The van der Waals surface area contributed by atoms with Crippen LogP contribution in [0.15, 0.2) is 4.99 Å². The van der Waals surface area contributed by atoms with Gasteiger partial charge in [-0.25, -0.2) is 4.99 Å². The van der Waals surface area contributed by atoms with Gasteiger partial charge in [-0.1, -0.05) is 0 Å². The minimum Gasteiger partial charge on any atom is -0.382 e. The normalized spacial score (nSPS) is 11.3. The lowest BCUT2D eigenvalue weighted by molar-refractivity contribution is -0.127. The van der Waals surface area contributed by atoms with E-state index in [2.05, 4.69) is 15.6 Å². The molecule has 2 N–H and O–H groups in total. The Hall–Kier alpha value is -1.30. The number of hydrogen-bond acceptors (Lipinski definition) is 3. The van der Waals surface area contributed by atoms with E-state index >= 15 is 0 Å². The number of aliphatic imine (C=N–C) groups is 1. The molecule has 6 nitrogen and oxygen atoms in total. The quantitative estimate of drug-likeness (QED) is 0.363. The second kappa shape index (κ2) is 11.8. The second-order valence-corrected chi connectivity index (χ2v) is 4.31. The molecular weight excluding hydrogens is 244 g/mol. The van der Waals surface area contributed by atoms with Crippen LogP contribution in [-0.2, 0) is 9.53 Å². The molecule has 0 aliphatic heterocycles. The van der Waals surface area contributed by atoms with Gasteiger partial charge in [0, 0.05) is 40.4 Å². The topological polar surface area (TPSA) is 66.0 Å². The number of guanidine groups is 1. The van der Waals surface area contributed by atoms with E-state index in [-0.39, 0.29) is 12.5 Å². The van der Waals surface area contributed by atoms with Gasteiger partial charge in [0.05, 0.1) is 0 Å². The summed E-state index contributed by atoms with van der Waals surface area (Å²) in [5.41, 5.74) is 0. The molecule has 0 saturated carbocycles. The lowest BCUT2D eigenvalue weighted by Crippen LogP contribution is -2.38. The van der Waals surface area contributed by atoms with Crippen LogP contribution in [0.5, 0.6) is 0 Å². The molecule has 6 heteroatoms. The van der Waals surface area contributed by atoms with E-state index in [0.717, 1.165) is 39.1 Å². The SMILES string of the molecule is CCNC(=NCC(=O)N(C)C)NCCCCOCC. The first-order valence-electron chi connectivity index (χ1n) is 6.91. The summed E-state index contributed by atoms with van der Waals surface area (Å²) in [5.74, 6) is 0.683. The minimum atomic E-state index is -0.00597. The molecule has 0 saturated heterocycles. The van der Waals surface area contributed by atoms with Gasteiger partial charge in [0.1, 0.15) is 6.54 Å². The molecule has 0 aromatic heterocycles. The predicted molar refractivity (Wildman–Crippen MR) is 78.4 cm³/mol. The molecular formula is C13H28N4O2. The van der Waals surface area contributed by atoms with Crippen molar-refractivity contribution in [3.63, 3.8) is 0 Å². The number of carbonyl (C=O) groups is 1. The standard InChI is InChI=1S/C13H28N4O2/c1-5-14-13(16-11-12(18)17(3)4)15-9-7-8-10-19-6-2/h5-11H2,1-4H3,(H2,14,15,16). The van der Waals surface area contributed by atoms with Gasteiger partial charge in [-0.15, -0.1) is 0 Å². The van der Waals surface area contributed by atoms with Crippen LogP contribution in [-0.4, -0.2) is 63.7 Å². The van der Waals surface area contributed by atoms with Crippen LogP contribution in [0, 0.1) is 0 Å². The van der Waals surface area contributed by atoms with E-state index in [4.69, 9.17) is 4.74 Å². The zero-order valence-electron chi connectivity index (χ0n) is 12.7. The zero-order valence-corrected chi connectivity index (χ0v) is 12.7. The van der Waals surface area contributed by atoms with Crippen LogP contribution < -0.4 is 10.6 Å². The highest BCUT2D eigenvalue weighted by molar-refractivity contribution is 5.84. The van der Waals surface area contributed by atoms with E-state index in [1.54, 1.807) is 14.1 Å². The van der Waals surface area contributed by atoms with Crippen molar-refractivity contribution in [2.75, 3.05) is 46.9 Å². The third-order valence-corrected chi connectivity index (χ3v) is 2.43. The van der Waals surface area contributed by atoms with Crippen LogP contribution in [0.2, 0.25) is 0 Å². The molecule has 0 atom stereocenters. The van der Waals surface area contributed by atoms with Crippen molar-refractivity contribution in [2.24, 2.45) is 4.99 Å². The Balaban J connectivity index is 3.90. The molecule has 0 bridgehead atoms. The number of likely N-dealkylation sites (N-methyl/N-ethyl adjacent to an activating group) is 1. The smallest absolute Gasteiger partial charge is 0.243 e. The highest BCUT2D eigenvalue weighted by Gasteiger charge is 2.03. The van der Waals surface area contributed by atoms with Crippen molar-refractivity contribution in [2.45, 2.75) is 26.7 Å². The molecule has 0 spiro atoms. The fourth-order valence-corrected chi connectivity index (χ4v) is 1.31. The maximum absolute atomic E-state index is 11.4. The summed E-state index contributed by atoms with van der Waals surface area (Å²) in [4.78, 5) is 17.2. The van der Waals surface area contributed by atoms with Crippen LogP contribution in [0.3, 0.4) is 0 Å². The Morgan fingerprint density at radius 1 is 1.21 bits per heavy atom. The fraction of sp³-hybridized carbons (Fsp3) is 0.846. The van der Waals surface area contributed by atoms with E-state index < -0.39 is 0 Å². The number of rotatable bonds is 9. The van der Waals surface area contributed by atoms with Crippen LogP contribution >= 0.6 is 0 Å². The Morgan fingerprint density at radius 3 is 2.53 bits per heavy atom. The molecule has 0 radical (unpaired) electrons. The largest absolute Gasteiger partial charge is 0.382 e. The number of hydrogen-bond donors (Lipinski definition) is 2. The van der Waals surface area contributed by atoms with E-state index in [9.17, 15) is 4.79 Å². The van der Waals surface area contributed by atoms with Crippen molar-refractivity contribution in [1.29, 1.82) is 0 Å². The van der Waals surface area contributed by atoms with Crippen LogP contribution in [0.1, 0.15) is 26.7 Å². The molecule has 0 fully saturated rings. The molecule has 0 rings (SSSR count). The third-order valence-electron chi connectivity index (χ3n) is 2.43. The number of nitrogens with one attached hydrogen (secondary N) is 2. The van der Waals surface area contributed by atoms with E-state index in [1.807, 2.05) is 13.8 Å². The molecule has 0 heterocycles. The molecule has 19 heavy (non-hydrogen) atoms. The molecule has 0 aliphatic rings. The number of amides is 1. The monoisotopic (exact) mass is 272 g/mol. The number of unbranched alkanes of at least 4 members (excludes halogenated alkanes) is 1. The lowest BCUT2D eigenvalue weighted by atomic mass is 10.3. The number of ether oxygens (including phenoxy) is 1. The van der Waals surface area contributed by atoms with Crippen LogP contribution in [0.4, 0.5) is 0 Å². The van der Waals surface area contributed by atoms with Crippen molar-refractivity contribution in [3.05, 3.63) is 0 Å². The van der Waals surface area contributed by atoms with Gasteiger partial charge >= 0.3 is 0 Å². The summed E-state index contributed by atoms with van der Waals surface area (Å²) < 4.78 is 5.27. The first kappa shape index (κ1) is 17.7. The van der Waals surface area contributed by atoms with Gasteiger partial charge in [-0.05, 0) is 26.7 Å². The predicted octanol–water partition coefficient (Wildman–Crippen LogP) is 0.446. The van der Waals surface area contributed by atoms with E-state index in [1.165, 1.54) is 4.90 Å². The van der Waals surface area contributed by atoms with Crippen molar-refractivity contribution >= 4 is 11.9 Å². The number of nitrogens with zero attached hydrogens (tertiary/aromatic N) is 2.